The normalized spacial score (nSPS) is 13.5. The molecule has 0 aliphatic rings. The van der Waals surface area contributed by atoms with Gasteiger partial charge in [0, 0.05) is 19.8 Å². The molecule has 118 valence electrons. The number of aromatic nitrogens is 3. The molecule has 1 N–H and O–H groups in total. The zero-order chi connectivity index (χ0) is 16.1. The van der Waals surface area contributed by atoms with E-state index < -0.39 is 6.10 Å². The van der Waals surface area contributed by atoms with Crippen molar-refractivity contribution in [2.45, 2.75) is 26.4 Å². The largest absolute Gasteiger partial charge is 0.387 e. The number of aliphatic hydroxyl groups excluding tert-OH is 1. The van der Waals surface area contributed by atoms with Crippen LogP contribution in [0.1, 0.15) is 25.8 Å². The fraction of sp³-hybridized carbons (Fsp3) is 0.412. The fourth-order valence-corrected chi connectivity index (χ4v) is 2.26. The molecule has 0 aliphatic carbocycles. The molecule has 22 heavy (non-hydrogen) atoms. The lowest BCUT2D eigenvalue weighted by atomic mass is 10.0. The van der Waals surface area contributed by atoms with Crippen LogP contribution in [0.3, 0.4) is 0 Å². The molecule has 0 aliphatic heterocycles. The van der Waals surface area contributed by atoms with Crippen LogP contribution in [0.4, 0.5) is 5.69 Å². The van der Waals surface area contributed by atoms with Gasteiger partial charge in [-0.3, -0.25) is 0 Å². The van der Waals surface area contributed by atoms with Gasteiger partial charge in [-0.05, 0) is 36.1 Å². The number of rotatable bonds is 6. The average molecular weight is 300 g/mol. The Morgan fingerprint density at radius 3 is 2.45 bits per heavy atom. The van der Waals surface area contributed by atoms with Crippen molar-refractivity contribution in [3.05, 3.63) is 42.5 Å². The highest BCUT2D eigenvalue weighted by molar-refractivity contribution is 5.73. The molecule has 0 amide bonds. The van der Waals surface area contributed by atoms with E-state index >= 15 is 0 Å². The van der Waals surface area contributed by atoms with Gasteiger partial charge in [0.15, 0.2) is 0 Å². The first-order valence-corrected chi connectivity index (χ1v) is 7.49. The van der Waals surface area contributed by atoms with Crippen LogP contribution in [0.2, 0.25) is 0 Å². The molecule has 5 heteroatoms. The number of hydrogen-bond donors (Lipinski definition) is 1. The van der Waals surface area contributed by atoms with Crippen molar-refractivity contribution >= 4 is 17.5 Å². The molecule has 2 rings (SSSR count). The summed E-state index contributed by atoms with van der Waals surface area (Å²) in [4.78, 5) is 6.03. The summed E-state index contributed by atoms with van der Waals surface area (Å²) in [6.07, 6.45) is 5.16. The lowest BCUT2D eigenvalue weighted by molar-refractivity contribution is 0.197. The van der Waals surface area contributed by atoms with Crippen molar-refractivity contribution in [1.82, 2.24) is 14.8 Å². The smallest absolute Gasteiger partial charge is 0.138 e. The first-order valence-electron chi connectivity index (χ1n) is 7.49. The van der Waals surface area contributed by atoms with E-state index in [1.165, 1.54) is 6.33 Å². The molecule has 1 aromatic heterocycles. The minimum absolute atomic E-state index is 0.401. The van der Waals surface area contributed by atoms with Gasteiger partial charge in [-0.15, -0.1) is 0 Å². The molecular formula is C17H24N4O. The van der Waals surface area contributed by atoms with Crippen molar-refractivity contribution in [3.8, 4) is 0 Å². The molecule has 2 aromatic rings. The standard InChI is InChI=1S/C17H24N4O/c1-13(2)9-17(22)16(21-12-18-11-19-21)10-14-5-7-15(8-6-14)20(3)4/h5-8,10-13,17,22H,9H2,1-4H3/b16-10-/t17-/m0/s1. The zero-order valence-electron chi connectivity index (χ0n) is 13.6. The predicted octanol–water partition coefficient (Wildman–Crippen LogP) is 2.75. The van der Waals surface area contributed by atoms with Crippen molar-refractivity contribution in [3.63, 3.8) is 0 Å². The van der Waals surface area contributed by atoms with Crippen LogP contribution in [0.25, 0.3) is 11.8 Å². The van der Waals surface area contributed by atoms with Crippen molar-refractivity contribution < 1.29 is 5.11 Å². The Morgan fingerprint density at radius 1 is 1.27 bits per heavy atom. The molecular weight excluding hydrogens is 276 g/mol. The molecule has 0 radical (unpaired) electrons. The summed E-state index contributed by atoms with van der Waals surface area (Å²) in [6, 6.07) is 8.18. The maximum absolute atomic E-state index is 10.5. The SMILES string of the molecule is CC(C)C[C@H](O)/C(=C/c1ccc(N(C)C)cc1)n1cncn1. The average Bonchev–Trinajstić information content (AvgIpc) is 2.98. The molecule has 0 saturated carbocycles. The highest BCUT2D eigenvalue weighted by Crippen LogP contribution is 2.21. The first kappa shape index (κ1) is 16.2. The molecule has 0 unspecified atom stereocenters. The van der Waals surface area contributed by atoms with Crippen LogP contribution >= 0.6 is 0 Å². The van der Waals surface area contributed by atoms with Gasteiger partial charge in [-0.2, -0.15) is 5.10 Å². The third-order valence-electron chi connectivity index (χ3n) is 3.44. The van der Waals surface area contributed by atoms with Gasteiger partial charge in [-0.25, -0.2) is 9.67 Å². The van der Waals surface area contributed by atoms with Gasteiger partial charge in [0.25, 0.3) is 0 Å². The van der Waals surface area contributed by atoms with Crippen LogP contribution < -0.4 is 4.90 Å². The van der Waals surface area contributed by atoms with Crippen LogP contribution in [-0.4, -0.2) is 40.1 Å². The monoisotopic (exact) mass is 300 g/mol. The van der Waals surface area contributed by atoms with E-state index in [0.29, 0.717) is 12.3 Å². The molecule has 1 atom stereocenters. The fourth-order valence-electron chi connectivity index (χ4n) is 2.26. The summed E-state index contributed by atoms with van der Waals surface area (Å²) < 4.78 is 1.63. The summed E-state index contributed by atoms with van der Waals surface area (Å²) in [6.45, 7) is 4.18. The van der Waals surface area contributed by atoms with Crippen molar-refractivity contribution in [2.24, 2.45) is 5.92 Å². The lowest BCUT2D eigenvalue weighted by Gasteiger charge is -2.17. The summed E-state index contributed by atoms with van der Waals surface area (Å²) in [5, 5.41) is 14.6. The Labute approximate surface area is 131 Å². The quantitative estimate of drug-likeness (QED) is 0.891. The third-order valence-corrected chi connectivity index (χ3v) is 3.44. The van der Waals surface area contributed by atoms with E-state index in [1.54, 1.807) is 11.0 Å². The lowest BCUT2D eigenvalue weighted by Crippen LogP contribution is -2.17. The topological polar surface area (TPSA) is 54.2 Å². The molecule has 0 bridgehead atoms. The van der Waals surface area contributed by atoms with Crippen molar-refractivity contribution in [2.75, 3.05) is 19.0 Å². The molecule has 5 nitrogen and oxygen atoms in total. The first-order chi connectivity index (χ1) is 10.5. The Kier molecular flexibility index (Phi) is 5.33. The zero-order valence-corrected chi connectivity index (χ0v) is 13.6. The second-order valence-corrected chi connectivity index (χ2v) is 6.04. The predicted molar refractivity (Wildman–Crippen MR) is 90.4 cm³/mol. The number of anilines is 1. The Balaban J connectivity index is 2.31. The summed E-state index contributed by atoms with van der Waals surface area (Å²) in [7, 11) is 4.02. The van der Waals surface area contributed by atoms with E-state index in [9.17, 15) is 5.11 Å². The van der Waals surface area contributed by atoms with E-state index in [-0.39, 0.29) is 0 Å². The Morgan fingerprint density at radius 2 is 1.95 bits per heavy atom. The maximum atomic E-state index is 10.5. The Bertz CT molecular complexity index is 600. The van der Waals surface area contributed by atoms with Crippen LogP contribution in [0.15, 0.2) is 36.9 Å². The second kappa shape index (κ2) is 7.22. The molecule has 1 heterocycles. The van der Waals surface area contributed by atoms with Crippen LogP contribution in [-0.2, 0) is 0 Å². The van der Waals surface area contributed by atoms with E-state index in [4.69, 9.17) is 0 Å². The minimum atomic E-state index is -0.574. The Hall–Kier alpha value is -2.14. The molecule has 1 aromatic carbocycles. The highest BCUT2D eigenvalue weighted by atomic mass is 16.3. The number of benzene rings is 1. The van der Waals surface area contributed by atoms with E-state index in [0.717, 1.165) is 16.9 Å². The van der Waals surface area contributed by atoms with Crippen LogP contribution in [0.5, 0.6) is 0 Å². The van der Waals surface area contributed by atoms with Gasteiger partial charge in [0.1, 0.15) is 12.7 Å². The van der Waals surface area contributed by atoms with Gasteiger partial charge in [-0.1, -0.05) is 26.0 Å². The second-order valence-electron chi connectivity index (χ2n) is 6.04. The van der Waals surface area contributed by atoms with E-state index in [1.807, 2.05) is 32.3 Å². The molecule has 0 spiro atoms. The molecule has 0 saturated heterocycles. The highest BCUT2D eigenvalue weighted by Gasteiger charge is 2.15. The maximum Gasteiger partial charge on any atom is 0.138 e. The molecule has 0 fully saturated rings. The van der Waals surface area contributed by atoms with Crippen LogP contribution in [0, 0.1) is 5.92 Å². The van der Waals surface area contributed by atoms with Crippen molar-refractivity contribution in [1.29, 1.82) is 0 Å². The number of aliphatic hydroxyl groups is 1. The summed E-state index contributed by atoms with van der Waals surface area (Å²) >= 11 is 0. The number of nitrogens with zero attached hydrogens (tertiary/aromatic N) is 4. The third kappa shape index (κ3) is 4.18. The van der Waals surface area contributed by atoms with E-state index in [2.05, 4.69) is 41.0 Å². The summed E-state index contributed by atoms with van der Waals surface area (Å²) in [5.41, 5.74) is 2.91. The van der Waals surface area contributed by atoms with Gasteiger partial charge < -0.3 is 10.0 Å². The van der Waals surface area contributed by atoms with Gasteiger partial charge >= 0.3 is 0 Å². The minimum Gasteiger partial charge on any atom is -0.387 e. The van der Waals surface area contributed by atoms with Gasteiger partial charge in [0.2, 0.25) is 0 Å². The summed E-state index contributed by atoms with van der Waals surface area (Å²) in [5.74, 6) is 0.401. The number of hydrogen-bond acceptors (Lipinski definition) is 4. The van der Waals surface area contributed by atoms with Gasteiger partial charge in [0.05, 0.1) is 11.8 Å².